The van der Waals surface area contributed by atoms with Crippen LogP contribution in [0.3, 0.4) is 0 Å². The van der Waals surface area contributed by atoms with Crippen molar-refractivity contribution in [3.63, 3.8) is 0 Å². The Labute approximate surface area is 184 Å². The third-order valence-electron chi connectivity index (χ3n) is 5.58. The maximum absolute atomic E-state index is 3.51. The highest BCUT2D eigenvalue weighted by Crippen LogP contribution is 2.06. The van der Waals surface area contributed by atoms with Crippen molar-refractivity contribution in [1.29, 1.82) is 0 Å². The zero-order valence-corrected chi connectivity index (χ0v) is 19.4. The molecule has 0 aliphatic carbocycles. The van der Waals surface area contributed by atoms with Gasteiger partial charge in [0.2, 0.25) is 0 Å². The van der Waals surface area contributed by atoms with Gasteiger partial charge in [0.05, 0.1) is 0 Å². The summed E-state index contributed by atoms with van der Waals surface area (Å²) in [7, 11) is 0. The Morgan fingerprint density at radius 2 is 0.933 bits per heavy atom. The largest absolute Gasteiger partial charge is 0.385 e. The van der Waals surface area contributed by atoms with Gasteiger partial charge in [-0.3, -0.25) is 0 Å². The van der Waals surface area contributed by atoms with Crippen LogP contribution in [0, 0.1) is 0 Å². The maximum Gasteiger partial charge on any atom is 0.170 e. The zero-order valence-electron chi connectivity index (χ0n) is 19.4. The van der Waals surface area contributed by atoms with E-state index in [2.05, 4.69) is 82.7 Å². The maximum atomic E-state index is 3.51. The zero-order chi connectivity index (χ0) is 21.3. The van der Waals surface area contributed by atoms with E-state index in [1.807, 2.05) is 0 Å². The second-order valence-corrected chi connectivity index (χ2v) is 8.33. The van der Waals surface area contributed by atoms with Crippen LogP contribution in [0.25, 0.3) is 0 Å². The first-order valence-corrected chi connectivity index (χ1v) is 12.3. The lowest BCUT2D eigenvalue weighted by atomic mass is 10.2. The van der Waals surface area contributed by atoms with Gasteiger partial charge >= 0.3 is 0 Å². The van der Waals surface area contributed by atoms with E-state index >= 15 is 0 Å². The minimum atomic E-state index is 1.08. The fourth-order valence-electron chi connectivity index (χ4n) is 3.61. The minimum absolute atomic E-state index is 1.08. The summed E-state index contributed by atoms with van der Waals surface area (Å²) >= 11 is 0. The van der Waals surface area contributed by atoms with Crippen molar-refractivity contribution in [2.75, 3.05) is 23.7 Å². The lowest BCUT2D eigenvalue weighted by Gasteiger charge is -2.05. The molecule has 0 saturated heterocycles. The van der Waals surface area contributed by atoms with Gasteiger partial charge in [0.1, 0.15) is 13.1 Å². The normalized spacial score (nSPS) is 10.9. The standard InChI is InChI=1S/C26H42N4/c1-3-5-9-17-27-25-13-21-29(22-14-25)19-11-7-8-12-20-30-23-15-26(16-24-30)28-18-10-6-4-2/h13-16,21-24H,3-12,17-20H2,1-2H3/p+2. The molecule has 0 saturated carbocycles. The van der Waals surface area contributed by atoms with E-state index in [4.69, 9.17) is 0 Å². The summed E-state index contributed by atoms with van der Waals surface area (Å²) in [6.45, 7) is 8.87. The number of nitrogens with zero attached hydrogens (tertiary/aromatic N) is 2. The van der Waals surface area contributed by atoms with Gasteiger partial charge in [0.25, 0.3) is 0 Å². The second-order valence-electron chi connectivity index (χ2n) is 8.33. The molecular formula is C26H44N4+2. The van der Waals surface area contributed by atoms with Gasteiger partial charge in [0, 0.05) is 61.6 Å². The highest BCUT2D eigenvalue weighted by Gasteiger charge is 2.03. The van der Waals surface area contributed by atoms with Crippen LogP contribution in [0.15, 0.2) is 49.1 Å². The van der Waals surface area contributed by atoms with E-state index in [1.54, 1.807) is 0 Å². The van der Waals surface area contributed by atoms with E-state index < -0.39 is 0 Å². The van der Waals surface area contributed by atoms with Crippen molar-refractivity contribution in [1.82, 2.24) is 0 Å². The average Bonchev–Trinajstić information content (AvgIpc) is 2.78. The van der Waals surface area contributed by atoms with Crippen LogP contribution in [0.4, 0.5) is 11.4 Å². The number of hydrogen-bond donors (Lipinski definition) is 2. The Bertz CT molecular complexity index is 592. The molecule has 2 aromatic heterocycles. The second kappa shape index (κ2) is 15.7. The van der Waals surface area contributed by atoms with Crippen LogP contribution in [0.2, 0.25) is 0 Å². The number of pyridine rings is 2. The average molecular weight is 413 g/mol. The quantitative estimate of drug-likeness (QED) is 0.257. The summed E-state index contributed by atoms with van der Waals surface area (Å²) in [4.78, 5) is 0. The molecule has 2 heterocycles. The molecule has 2 N–H and O–H groups in total. The van der Waals surface area contributed by atoms with Crippen molar-refractivity contribution >= 4 is 11.4 Å². The van der Waals surface area contributed by atoms with Crippen molar-refractivity contribution < 1.29 is 9.13 Å². The molecule has 0 bridgehead atoms. The molecule has 0 aliphatic rings. The smallest absolute Gasteiger partial charge is 0.170 e. The fraction of sp³-hybridized carbons (Fsp3) is 0.615. The lowest BCUT2D eigenvalue weighted by molar-refractivity contribution is -0.698. The summed E-state index contributed by atoms with van der Waals surface area (Å²) in [6, 6.07) is 8.80. The summed E-state index contributed by atoms with van der Waals surface area (Å²) in [6.07, 6.45) is 21.6. The molecule has 0 spiro atoms. The Morgan fingerprint density at radius 3 is 1.30 bits per heavy atom. The van der Waals surface area contributed by atoms with Crippen molar-refractivity contribution in [2.24, 2.45) is 0 Å². The lowest BCUT2D eigenvalue weighted by Crippen LogP contribution is -2.33. The fourth-order valence-corrected chi connectivity index (χ4v) is 3.61. The molecule has 0 amide bonds. The molecule has 4 heteroatoms. The Kier molecular flexibility index (Phi) is 12.7. The molecule has 0 radical (unpaired) electrons. The van der Waals surface area contributed by atoms with Gasteiger partial charge in [0.15, 0.2) is 24.8 Å². The summed E-state index contributed by atoms with van der Waals surface area (Å²) < 4.78 is 4.61. The van der Waals surface area contributed by atoms with Crippen molar-refractivity contribution in [2.45, 2.75) is 91.1 Å². The van der Waals surface area contributed by atoms with Crippen LogP contribution in [-0.4, -0.2) is 13.1 Å². The predicted molar refractivity (Wildman–Crippen MR) is 128 cm³/mol. The van der Waals surface area contributed by atoms with Crippen LogP contribution in [0.1, 0.15) is 78.1 Å². The Hall–Kier alpha value is -2.10. The molecule has 166 valence electrons. The summed E-state index contributed by atoms with van der Waals surface area (Å²) in [5.41, 5.74) is 2.48. The number of aromatic nitrogens is 2. The first kappa shape index (κ1) is 24.2. The molecule has 4 nitrogen and oxygen atoms in total. The molecule has 2 aromatic rings. The Morgan fingerprint density at radius 1 is 0.533 bits per heavy atom. The number of anilines is 2. The third-order valence-corrected chi connectivity index (χ3v) is 5.58. The molecule has 0 aliphatic heterocycles. The van der Waals surface area contributed by atoms with Crippen LogP contribution >= 0.6 is 0 Å². The first-order valence-electron chi connectivity index (χ1n) is 12.3. The summed E-state index contributed by atoms with van der Waals surface area (Å²) in [5, 5.41) is 7.01. The number of hydrogen-bond acceptors (Lipinski definition) is 2. The van der Waals surface area contributed by atoms with E-state index in [9.17, 15) is 0 Å². The molecular weight excluding hydrogens is 368 g/mol. The monoisotopic (exact) mass is 412 g/mol. The highest BCUT2D eigenvalue weighted by molar-refractivity contribution is 5.40. The number of rotatable bonds is 17. The molecule has 0 fully saturated rings. The van der Waals surface area contributed by atoms with Gasteiger partial charge < -0.3 is 10.6 Å². The number of unbranched alkanes of at least 4 members (excludes halogenated alkanes) is 7. The van der Waals surface area contributed by atoms with Gasteiger partial charge in [-0.1, -0.05) is 39.5 Å². The van der Waals surface area contributed by atoms with E-state index in [0.717, 1.165) is 26.2 Å². The molecule has 0 atom stereocenters. The van der Waals surface area contributed by atoms with Crippen LogP contribution in [0.5, 0.6) is 0 Å². The third kappa shape index (κ3) is 10.6. The van der Waals surface area contributed by atoms with Crippen LogP contribution < -0.4 is 19.8 Å². The molecule has 0 unspecified atom stereocenters. The topological polar surface area (TPSA) is 31.8 Å². The predicted octanol–water partition coefficient (Wildman–Crippen LogP) is 5.73. The molecule has 30 heavy (non-hydrogen) atoms. The Balaban J connectivity index is 1.52. The van der Waals surface area contributed by atoms with E-state index in [0.29, 0.717) is 0 Å². The molecule has 2 rings (SSSR count). The number of aryl methyl sites for hydroxylation is 2. The SMILES string of the molecule is CCCCCNc1cc[n+](CCCCCC[n+]2ccc(NCCCCC)cc2)cc1. The van der Waals surface area contributed by atoms with Crippen molar-refractivity contribution in [3.05, 3.63) is 49.1 Å². The van der Waals surface area contributed by atoms with E-state index in [-0.39, 0.29) is 0 Å². The van der Waals surface area contributed by atoms with Gasteiger partial charge in [-0.2, -0.15) is 0 Å². The van der Waals surface area contributed by atoms with Crippen molar-refractivity contribution in [3.8, 4) is 0 Å². The molecule has 0 aromatic carbocycles. The highest BCUT2D eigenvalue weighted by atomic mass is 14.9. The first-order chi connectivity index (χ1) is 14.8. The summed E-state index contributed by atoms with van der Waals surface area (Å²) in [5.74, 6) is 0. The van der Waals surface area contributed by atoms with Gasteiger partial charge in [-0.15, -0.1) is 0 Å². The number of nitrogens with one attached hydrogen (secondary N) is 2. The van der Waals surface area contributed by atoms with Crippen LogP contribution in [-0.2, 0) is 13.1 Å². The minimum Gasteiger partial charge on any atom is -0.385 e. The van der Waals surface area contributed by atoms with E-state index in [1.165, 1.54) is 75.6 Å². The van der Waals surface area contributed by atoms with Gasteiger partial charge in [-0.25, -0.2) is 9.13 Å². The van der Waals surface area contributed by atoms with Gasteiger partial charge in [-0.05, 0) is 25.7 Å².